The monoisotopic (exact) mass is 354 g/mol. The fourth-order valence-electron chi connectivity index (χ4n) is 3.39. The lowest BCUT2D eigenvalue weighted by Crippen LogP contribution is -1.91. The van der Waals surface area contributed by atoms with Crippen LogP contribution in [0, 0.1) is 13.8 Å². The topological polar surface area (TPSA) is 0 Å². The minimum atomic E-state index is 0.972. The largest absolute Gasteiger partial charge is 0.135 e. The first kappa shape index (κ1) is 16.8. The van der Waals surface area contributed by atoms with Crippen molar-refractivity contribution in [2.75, 3.05) is 0 Å². The first-order valence-electron chi connectivity index (χ1n) is 9.01. The number of hydrogen-bond acceptors (Lipinski definition) is 1. The van der Waals surface area contributed by atoms with Crippen LogP contribution in [0.3, 0.4) is 0 Å². The van der Waals surface area contributed by atoms with Crippen molar-refractivity contribution in [3.8, 4) is 20.9 Å². The molecule has 26 heavy (non-hydrogen) atoms. The lowest BCUT2D eigenvalue weighted by molar-refractivity contribution is 1.17. The summed E-state index contributed by atoms with van der Waals surface area (Å²) in [6.45, 7) is 4.39. The average molecular weight is 355 g/mol. The van der Waals surface area contributed by atoms with Crippen LogP contribution >= 0.6 is 11.3 Å². The Morgan fingerprint density at radius 3 is 2.04 bits per heavy atom. The van der Waals surface area contributed by atoms with Crippen molar-refractivity contribution in [3.05, 3.63) is 107 Å². The molecule has 3 aromatic carbocycles. The zero-order chi connectivity index (χ0) is 17.9. The Bertz CT molecular complexity index is 1020. The van der Waals surface area contributed by atoms with Gasteiger partial charge in [-0.25, -0.2) is 0 Å². The molecule has 128 valence electrons. The second-order valence-corrected chi connectivity index (χ2v) is 7.80. The van der Waals surface area contributed by atoms with Gasteiger partial charge in [-0.15, -0.1) is 11.3 Å². The van der Waals surface area contributed by atoms with Gasteiger partial charge in [-0.3, -0.25) is 0 Å². The van der Waals surface area contributed by atoms with Crippen LogP contribution in [-0.4, -0.2) is 0 Å². The summed E-state index contributed by atoms with van der Waals surface area (Å²) in [5.41, 5.74) is 8.14. The molecule has 0 amide bonds. The standard InChI is InChI=1S/C25H22S/c1-18-10-6-8-14-21(18)16-22-17-24(23-15-9-7-11-19(23)2)26-25(22)20-12-4-3-5-13-20/h3-15,17H,16H2,1-2H3. The molecular formula is C25H22S. The number of rotatable bonds is 4. The van der Waals surface area contributed by atoms with Gasteiger partial charge in [0.1, 0.15) is 0 Å². The van der Waals surface area contributed by atoms with E-state index in [1.165, 1.54) is 43.1 Å². The second kappa shape index (κ2) is 7.31. The van der Waals surface area contributed by atoms with Crippen molar-refractivity contribution in [3.63, 3.8) is 0 Å². The molecule has 1 heteroatoms. The zero-order valence-electron chi connectivity index (χ0n) is 15.2. The Kier molecular flexibility index (Phi) is 4.73. The predicted octanol–water partition coefficient (Wildman–Crippen LogP) is 7.29. The molecule has 0 bridgehead atoms. The van der Waals surface area contributed by atoms with Gasteiger partial charge < -0.3 is 0 Å². The summed E-state index contributed by atoms with van der Waals surface area (Å²) in [5, 5.41) is 0. The van der Waals surface area contributed by atoms with Gasteiger partial charge in [-0.2, -0.15) is 0 Å². The van der Waals surface area contributed by atoms with Gasteiger partial charge in [0.25, 0.3) is 0 Å². The van der Waals surface area contributed by atoms with Crippen molar-refractivity contribution in [1.82, 2.24) is 0 Å². The van der Waals surface area contributed by atoms with Crippen LogP contribution in [0.25, 0.3) is 20.9 Å². The predicted molar refractivity (Wildman–Crippen MR) is 114 cm³/mol. The molecule has 0 saturated heterocycles. The number of thiophene rings is 1. The minimum absolute atomic E-state index is 0.972. The van der Waals surface area contributed by atoms with Crippen LogP contribution in [0.15, 0.2) is 84.9 Å². The van der Waals surface area contributed by atoms with Crippen molar-refractivity contribution in [2.24, 2.45) is 0 Å². The second-order valence-electron chi connectivity index (χ2n) is 6.75. The summed E-state index contributed by atoms with van der Waals surface area (Å²) in [6, 6.07) is 30.5. The van der Waals surface area contributed by atoms with E-state index in [0.717, 1.165) is 6.42 Å². The summed E-state index contributed by atoms with van der Waals surface area (Å²) in [5.74, 6) is 0. The van der Waals surface area contributed by atoms with Gasteiger partial charge in [0, 0.05) is 9.75 Å². The molecule has 0 N–H and O–H groups in total. The van der Waals surface area contributed by atoms with Gasteiger partial charge in [-0.1, -0.05) is 78.9 Å². The van der Waals surface area contributed by atoms with E-state index in [1.807, 2.05) is 11.3 Å². The summed E-state index contributed by atoms with van der Waals surface area (Å²) in [6.07, 6.45) is 0.972. The highest BCUT2D eigenvalue weighted by Gasteiger charge is 2.14. The van der Waals surface area contributed by atoms with Gasteiger partial charge in [0.15, 0.2) is 0 Å². The van der Waals surface area contributed by atoms with Crippen LogP contribution < -0.4 is 0 Å². The van der Waals surface area contributed by atoms with E-state index < -0.39 is 0 Å². The molecule has 0 aliphatic carbocycles. The molecule has 4 aromatic rings. The third-order valence-corrected chi connectivity index (χ3v) is 6.16. The Hall–Kier alpha value is -2.64. The Balaban J connectivity index is 1.84. The van der Waals surface area contributed by atoms with Crippen LogP contribution in [-0.2, 0) is 6.42 Å². The van der Waals surface area contributed by atoms with E-state index in [0.29, 0.717) is 0 Å². The van der Waals surface area contributed by atoms with E-state index in [9.17, 15) is 0 Å². The fraction of sp³-hybridized carbons (Fsp3) is 0.120. The van der Waals surface area contributed by atoms with Crippen LogP contribution in [0.4, 0.5) is 0 Å². The third-order valence-electron chi connectivity index (χ3n) is 4.90. The quantitative estimate of drug-likeness (QED) is 0.361. The van der Waals surface area contributed by atoms with Gasteiger partial charge in [0.05, 0.1) is 0 Å². The lowest BCUT2D eigenvalue weighted by Gasteiger charge is -2.07. The Labute approximate surface area is 159 Å². The summed E-state index contributed by atoms with van der Waals surface area (Å²) in [4.78, 5) is 2.73. The fourth-order valence-corrected chi connectivity index (χ4v) is 4.67. The van der Waals surface area contributed by atoms with Crippen molar-refractivity contribution in [2.45, 2.75) is 20.3 Å². The Morgan fingerprint density at radius 1 is 0.654 bits per heavy atom. The van der Waals surface area contributed by atoms with Gasteiger partial charge in [0.2, 0.25) is 0 Å². The molecule has 0 aliphatic heterocycles. The minimum Gasteiger partial charge on any atom is -0.135 e. The SMILES string of the molecule is Cc1ccccc1Cc1cc(-c2ccccc2C)sc1-c1ccccc1. The molecule has 0 fully saturated rings. The van der Waals surface area contributed by atoms with E-state index in [2.05, 4.69) is 98.8 Å². The molecule has 1 heterocycles. The van der Waals surface area contributed by atoms with Crippen molar-refractivity contribution >= 4 is 11.3 Å². The zero-order valence-corrected chi connectivity index (χ0v) is 16.0. The molecule has 0 nitrogen and oxygen atoms in total. The van der Waals surface area contributed by atoms with Crippen LogP contribution in [0.5, 0.6) is 0 Å². The van der Waals surface area contributed by atoms with Crippen molar-refractivity contribution < 1.29 is 0 Å². The molecule has 0 saturated carbocycles. The highest BCUT2D eigenvalue weighted by atomic mass is 32.1. The normalized spacial score (nSPS) is 10.8. The van der Waals surface area contributed by atoms with E-state index in [1.54, 1.807) is 0 Å². The lowest BCUT2D eigenvalue weighted by atomic mass is 9.98. The summed E-state index contributed by atoms with van der Waals surface area (Å²) >= 11 is 1.90. The molecule has 0 radical (unpaired) electrons. The summed E-state index contributed by atoms with van der Waals surface area (Å²) in [7, 11) is 0. The maximum atomic E-state index is 2.39. The number of aryl methyl sites for hydroxylation is 2. The van der Waals surface area contributed by atoms with Crippen molar-refractivity contribution in [1.29, 1.82) is 0 Å². The van der Waals surface area contributed by atoms with E-state index in [-0.39, 0.29) is 0 Å². The highest BCUT2D eigenvalue weighted by molar-refractivity contribution is 7.19. The maximum absolute atomic E-state index is 2.39. The molecule has 4 rings (SSSR count). The molecule has 0 unspecified atom stereocenters. The number of hydrogen-bond donors (Lipinski definition) is 0. The van der Waals surface area contributed by atoms with E-state index >= 15 is 0 Å². The first-order valence-corrected chi connectivity index (χ1v) is 9.82. The smallest absolute Gasteiger partial charge is 0.0384 e. The Morgan fingerprint density at radius 2 is 1.31 bits per heavy atom. The van der Waals surface area contributed by atoms with Gasteiger partial charge >= 0.3 is 0 Å². The molecule has 0 aliphatic rings. The molecule has 0 spiro atoms. The van der Waals surface area contributed by atoms with Crippen LogP contribution in [0.1, 0.15) is 22.3 Å². The van der Waals surface area contributed by atoms with Gasteiger partial charge in [-0.05, 0) is 59.7 Å². The first-order chi connectivity index (χ1) is 12.7. The summed E-state index contributed by atoms with van der Waals surface area (Å²) < 4.78 is 0. The third kappa shape index (κ3) is 3.36. The highest BCUT2D eigenvalue weighted by Crippen LogP contribution is 2.40. The maximum Gasteiger partial charge on any atom is 0.0384 e. The average Bonchev–Trinajstić information content (AvgIpc) is 3.08. The molecule has 0 atom stereocenters. The molecule has 1 aromatic heterocycles. The number of benzene rings is 3. The van der Waals surface area contributed by atoms with Crippen LogP contribution in [0.2, 0.25) is 0 Å². The van der Waals surface area contributed by atoms with E-state index in [4.69, 9.17) is 0 Å². The molecular weight excluding hydrogens is 332 g/mol.